The highest BCUT2D eigenvalue weighted by Crippen LogP contribution is 2.21. The first kappa shape index (κ1) is 19.7. The van der Waals surface area contributed by atoms with Gasteiger partial charge in [0.25, 0.3) is 5.82 Å². The van der Waals surface area contributed by atoms with Crippen molar-refractivity contribution >= 4 is 27.7 Å². The van der Waals surface area contributed by atoms with Crippen LogP contribution in [0.25, 0.3) is 17.1 Å². The minimum absolute atomic E-state index is 0.113. The maximum Gasteiger partial charge on any atom is 0.378 e. The largest absolute Gasteiger partial charge is 0.451 e. The third-order valence-corrected chi connectivity index (χ3v) is 5.02. The molecule has 4 rings (SSSR count). The second kappa shape index (κ2) is 8.84. The van der Waals surface area contributed by atoms with Crippen molar-refractivity contribution in [2.24, 2.45) is 0 Å². The lowest BCUT2D eigenvalue weighted by Crippen LogP contribution is -2.16. The number of esters is 1. The molecule has 6 nitrogen and oxygen atoms in total. The Labute approximate surface area is 181 Å². The molecular weight excluding hydrogens is 446 g/mol. The molecule has 0 bridgehead atoms. The minimum atomic E-state index is -0.762. The standard InChI is InChI=1S/C23H16BrN3O3/c24-19-14-8-7-13-18(19)20(28)15-30-23(29)21-25-22(16-9-3-1-4-10-16)27(26-21)17-11-5-2-6-12-17/h1-14H,15H2. The van der Waals surface area contributed by atoms with Crippen LogP contribution in [0.2, 0.25) is 0 Å². The predicted molar refractivity (Wildman–Crippen MR) is 116 cm³/mol. The number of carbonyl (C=O) groups is 2. The molecule has 0 radical (unpaired) electrons. The molecule has 1 aromatic heterocycles. The summed E-state index contributed by atoms with van der Waals surface area (Å²) >= 11 is 3.32. The first-order valence-corrected chi connectivity index (χ1v) is 9.95. The van der Waals surface area contributed by atoms with Gasteiger partial charge >= 0.3 is 5.97 Å². The number of ketones is 1. The lowest BCUT2D eigenvalue weighted by Gasteiger charge is -2.05. The Kier molecular flexibility index (Phi) is 5.81. The average Bonchev–Trinajstić information content (AvgIpc) is 3.24. The molecule has 3 aromatic carbocycles. The molecule has 0 saturated heterocycles. The number of hydrogen-bond acceptors (Lipinski definition) is 5. The number of halogens is 1. The molecular formula is C23H16BrN3O3. The number of aromatic nitrogens is 3. The first-order valence-electron chi connectivity index (χ1n) is 9.16. The monoisotopic (exact) mass is 461 g/mol. The van der Waals surface area contributed by atoms with Crippen molar-refractivity contribution < 1.29 is 14.3 Å². The van der Waals surface area contributed by atoms with E-state index in [4.69, 9.17) is 4.74 Å². The van der Waals surface area contributed by atoms with Gasteiger partial charge in [0.15, 0.2) is 12.4 Å². The van der Waals surface area contributed by atoms with Gasteiger partial charge in [0.2, 0.25) is 5.78 Å². The Bertz CT molecular complexity index is 1130. The van der Waals surface area contributed by atoms with Gasteiger partial charge < -0.3 is 4.74 Å². The summed E-state index contributed by atoms with van der Waals surface area (Å²) in [7, 11) is 0. The zero-order chi connectivity index (χ0) is 20.9. The summed E-state index contributed by atoms with van der Waals surface area (Å²) in [5, 5.41) is 4.34. The Balaban J connectivity index is 1.60. The van der Waals surface area contributed by atoms with E-state index >= 15 is 0 Å². The van der Waals surface area contributed by atoms with E-state index in [0.29, 0.717) is 15.9 Å². The molecule has 0 atom stereocenters. The van der Waals surface area contributed by atoms with Crippen molar-refractivity contribution in [2.75, 3.05) is 6.61 Å². The Morgan fingerprint density at radius 2 is 1.50 bits per heavy atom. The van der Waals surface area contributed by atoms with Gasteiger partial charge in [-0.15, -0.1) is 5.10 Å². The van der Waals surface area contributed by atoms with Crippen LogP contribution in [0.4, 0.5) is 0 Å². The van der Waals surface area contributed by atoms with Crippen LogP contribution in [0.5, 0.6) is 0 Å². The molecule has 0 spiro atoms. The predicted octanol–water partition coefficient (Wildman–Crippen LogP) is 4.74. The highest BCUT2D eigenvalue weighted by molar-refractivity contribution is 9.10. The van der Waals surface area contributed by atoms with Crippen LogP contribution in [-0.2, 0) is 4.74 Å². The maximum atomic E-state index is 12.6. The fourth-order valence-corrected chi connectivity index (χ4v) is 3.39. The van der Waals surface area contributed by atoms with Crippen molar-refractivity contribution in [1.82, 2.24) is 14.8 Å². The van der Waals surface area contributed by atoms with Crippen LogP contribution in [-0.4, -0.2) is 33.1 Å². The zero-order valence-corrected chi connectivity index (χ0v) is 17.3. The highest BCUT2D eigenvalue weighted by atomic mass is 79.9. The fourth-order valence-electron chi connectivity index (χ4n) is 2.88. The van der Waals surface area contributed by atoms with E-state index in [9.17, 15) is 9.59 Å². The first-order chi connectivity index (χ1) is 14.6. The number of carbonyl (C=O) groups excluding carboxylic acids is 2. The van der Waals surface area contributed by atoms with Crippen LogP contribution < -0.4 is 0 Å². The second-order valence-electron chi connectivity index (χ2n) is 6.35. The summed E-state index contributed by atoms with van der Waals surface area (Å²) in [5.41, 5.74) is 2.00. The van der Waals surface area contributed by atoms with Gasteiger partial charge in [0, 0.05) is 15.6 Å². The van der Waals surface area contributed by atoms with E-state index in [2.05, 4.69) is 26.0 Å². The van der Waals surface area contributed by atoms with Crippen molar-refractivity contribution in [1.29, 1.82) is 0 Å². The van der Waals surface area contributed by atoms with Crippen LogP contribution in [0.3, 0.4) is 0 Å². The molecule has 0 N–H and O–H groups in total. The number of ether oxygens (including phenoxy) is 1. The molecule has 30 heavy (non-hydrogen) atoms. The number of rotatable bonds is 6. The fraction of sp³-hybridized carbons (Fsp3) is 0.0435. The van der Waals surface area contributed by atoms with Crippen molar-refractivity contribution in [3.63, 3.8) is 0 Å². The van der Waals surface area contributed by atoms with E-state index in [1.165, 1.54) is 0 Å². The van der Waals surface area contributed by atoms with E-state index in [0.717, 1.165) is 11.3 Å². The molecule has 0 aliphatic heterocycles. The average molecular weight is 462 g/mol. The van der Waals surface area contributed by atoms with Crippen LogP contribution in [0.15, 0.2) is 89.4 Å². The lowest BCUT2D eigenvalue weighted by molar-refractivity contribution is 0.0462. The Hall–Kier alpha value is -3.58. The molecule has 0 aliphatic carbocycles. The maximum absolute atomic E-state index is 12.6. The van der Waals surface area contributed by atoms with Crippen LogP contribution >= 0.6 is 15.9 Å². The van der Waals surface area contributed by atoms with Gasteiger partial charge in [-0.3, -0.25) is 4.79 Å². The summed E-state index contributed by atoms with van der Waals surface area (Å²) in [6.45, 7) is -0.401. The van der Waals surface area contributed by atoms with Gasteiger partial charge in [-0.05, 0) is 18.2 Å². The van der Waals surface area contributed by atoms with Crippen LogP contribution in [0, 0.1) is 0 Å². The van der Waals surface area contributed by atoms with Crippen LogP contribution in [0.1, 0.15) is 21.0 Å². The van der Waals surface area contributed by atoms with Gasteiger partial charge in [-0.2, -0.15) is 0 Å². The van der Waals surface area contributed by atoms with E-state index in [-0.39, 0.29) is 11.6 Å². The van der Waals surface area contributed by atoms with E-state index < -0.39 is 12.6 Å². The smallest absolute Gasteiger partial charge is 0.378 e. The molecule has 148 valence electrons. The minimum Gasteiger partial charge on any atom is -0.451 e. The highest BCUT2D eigenvalue weighted by Gasteiger charge is 2.21. The summed E-state index contributed by atoms with van der Waals surface area (Å²) in [6, 6.07) is 25.8. The van der Waals surface area contributed by atoms with Crippen molar-refractivity contribution in [3.05, 3.63) is 101 Å². The van der Waals surface area contributed by atoms with Gasteiger partial charge in [-0.25, -0.2) is 14.5 Å². The van der Waals surface area contributed by atoms with Gasteiger partial charge in [0.1, 0.15) is 0 Å². The third-order valence-electron chi connectivity index (χ3n) is 4.33. The van der Waals surface area contributed by atoms with E-state index in [1.807, 2.05) is 60.7 Å². The SMILES string of the molecule is O=C(OCC(=O)c1ccccc1Br)c1nc(-c2ccccc2)n(-c2ccccc2)n1. The third kappa shape index (κ3) is 4.21. The number of hydrogen-bond donors (Lipinski definition) is 0. The van der Waals surface area contributed by atoms with Gasteiger partial charge in [0.05, 0.1) is 5.69 Å². The Morgan fingerprint density at radius 1 is 0.867 bits per heavy atom. The van der Waals surface area contributed by atoms with Gasteiger partial charge in [-0.1, -0.05) is 82.7 Å². The normalized spacial score (nSPS) is 10.6. The van der Waals surface area contributed by atoms with Crippen molar-refractivity contribution in [2.45, 2.75) is 0 Å². The number of para-hydroxylation sites is 1. The molecule has 4 aromatic rings. The molecule has 0 fully saturated rings. The lowest BCUT2D eigenvalue weighted by atomic mass is 10.1. The second-order valence-corrected chi connectivity index (χ2v) is 7.21. The molecule has 7 heteroatoms. The Morgan fingerprint density at radius 3 is 2.20 bits per heavy atom. The number of benzene rings is 3. The topological polar surface area (TPSA) is 74.1 Å². The molecule has 0 unspecified atom stereocenters. The summed E-state index contributed by atoms with van der Waals surface area (Å²) in [6.07, 6.45) is 0. The summed E-state index contributed by atoms with van der Waals surface area (Å²) in [4.78, 5) is 29.3. The molecule has 1 heterocycles. The summed E-state index contributed by atoms with van der Waals surface area (Å²) in [5.74, 6) is -0.688. The molecule has 0 saturated carbocycles. The molecule has 0 amide bonds. The van der Waals surface area contributed by atoms with E-state index in [1.54, 1.807) is 28.9 Å². The summed E-state index contributed by atoms with van der Waals surface area (Å²) < 4.78 is 7.42. The van der Waals surface area contributed by atoms with Crippen molar-refractivity contribution in [3.8, 4) is 17.1 Å². The number of Topliss-reactive ketones (excluding diaryl/α,β-unsaturated/α-hetero) is 1. The molecule has 0 aliphatic rings. The zero-order valence-electron chi connectivity index (χ0n) is 15.7. The quantitative estimate of drug-likeness (QED) is 0.306. The number of nitrogens with zero attached hydrogens (tertiary/aromatic N) is 3.